The molecule has 0 saturated carbocycles. The Morgan fingerprint density at radius 3 is 2.39 bits per heavy atom. The van der Waals surface area contributed by atoms with Crippen molar-refractivity contribution < 1.29 is 9.21 Å². The maximum absolute atomic E-state index is 12.8. The van der Waals surface area contributed by atoms with Crippen LogP contribution in [0.4, 0.5) is 5.69 Å². The first-order valence-corrected chi connectivity index (χ1v) is 10.8. The molecule has 0 saturated heterocycles. The molecule has 0 unspecified atom stereocenters. The van der Waals surface area contributed by atoms with Crippen LogP contribution in [0.3, 0.4) is 0 Å². The van der Waals surface area contributed by atoms with Gasteiger partial charge >= 0.3 is 0 Å². The van der Waals surface area contributed by atoms with E-state index in [1.807, 2.05) is 81.4 Å². The lowest BCUT2D eigenvalue weighted by Gasteiger charge is -2.11. The number of hydrogen-bond donors (Lipinski definition) is 2. The fourth-order valence-corrected chi connectivity index (χ4v) is 3.90. The summed E-state index contributed by atoms with van der Waals surface area (Å²) >= 11 is 5.39. The zero-order chi connectivity index (χ0) is 23.1. The van der Waals surface area contributed by atoms with Gasteiger partial charge in [-0.2, -0.15) is 4.80 Å². The molecule has 0 aliphatic carbocycles. The van der Waals surface area contributed by atoms with Crippen molar-refractivity contribution in [1.82, 2.24) is 20.3 Å². The summed E-state index contributed by atoms with van der Waals surface area (Å²) in [7, 11) is 0. The van der Waals surface area contributed by atoms with E-state index in [2.05, 4.69) is 20.8 Å². The van der Waals surface area contributed by atoms with Gasteiger partial charge in [-0.1, -0.05) is 35.9 Å². The summed E-state index contributed by atoms with van der Waals surface area (Å²) in [5.41, 5.74) is 6.64. The third-order valence-corrected chi connectivity index (χ3v) is 5.72. The van der Waals surface area contributed by atoms with Gasteiger partial charge in [0.25, 0.3) is 5.91 Å². The quantitative estimate of drug-likeness (QED) is 0.363. The third-order valence-electron chi connectivity index (χ3n) is 5.52. The van der Waals surface area contributed by atoms with E-state index >= 15 is 0 Å². The van der Waals surface area contributed by atoms with Crippen molar-refractivity contribution in [3.63, 3.8) is 0 Å². The second kappa shape index (κ2) is 8.14. The number of amides is 1. The first kappa shape index (κ1) is 20.8. The zero-order valence-corrected chi connectivity index (χ0v) is 19.2. The SMILES string of the molecule is Cc1ccc(-n2nc3cc(C)c(NC(=S)NC(=O)c4oc5ccccc5c4C)cc3n2)cc1. The molecule has 0 atom stereocenters. The molecule has 3 aromatic carbocycles. The molecular weight excluding hydrogens is 434 g/mol. The normalized spacial score (nSPS) is 11.1. The van der Waals surface area contributed by atoms with Crippen molar-refractivity contribution in [2.45, 2.75) is 20.8 Å². The third kappa shape index (κ3) is 3.96. The van der Waals surface area contributed by atoms with E-state index in [4.69, 9.17) is 16.6 Å². The molecule has 0 bridgehead atoms. The van der Waals surface area contributed by atoms with Crippen molar-refractivity contribution in [2.75, 3.05) is 5.32 Å². The molecule has 8 heteroatoms. The second-order valence-corrected chi connectivity index (χ2v) is 8.35. The van der Waals surface area contributed by atoms with Crippen LogP contribution in [0, 0.1) is 20.8 Å². The number of aryl methyl sites for hydroxylation is 3. The Morgan fingerprint density at radius 2 is 1.67 bits per heavy atom. The standard InChI is InChI=1S/C25H21N5O2S/c1-14-8-10-17(11-9-14)30-28-20-12-15(2)19(13-21(20)29-30)26-25(33)27-24(31)23-16(3)18-6-4-5-7-22(18)32-23/h4-13H,1-3H3,(H2,26,27,31,33). The Bertz CT molecular complexity index is 1530. The molecule has 0 aliphatic heterocycles. The van der Waals surface area contributed by atoms with Crippen LogP contribution in [-0.4, -0.2) is 26.0 Å². The number of furan rings is 1. The van der Waals surface area contributed by atoms with Crippen molar-refractivity contribution >= 4 is 50.9 Å². The minimum absolute atomic E-state index is 0.174. The van der Waals surface area contributed by atoms with Crippen LogP contribution in [0.15, 0.2) is 65.1 Å². The Labute approximate surface area is 195 Å². The van der Waals surface area contributed by atoms with Crippen LogP contribution < -0.4 is 10.6 Å². The monoisotopic (exact) mass is 455 g/mol. The average molecular weight is 456 g/mol. The Kier molecular flexibility index (Phi) is 5.14. The predicted octanol–water partition coefficient (Wildman–Crippen LogP) is 5.22. The predicted molar refractivity (Wildman–Crippen MR) is 133 cm³/mol. The smallest absolute Gasteiger partial charge is 0.293 e. The Balaban J connectivity index is 1.36. The molecule has 5 aromatic rings. The zero-order valence-electron chi connectivity index (χ0n) is 18.3. The highest BCUT2D eigenvalue weighted by atomic mass is 32.1. The molecule has 7 nitrogen and oxygen atoms in total. The lowest BCUT2D eigenvalue weighted by atomic mass is 10.1. The number of para-hydroxylation sites is 1. The molecule has 33 heavy (non-hydrogen) atoms. The highest BCUT2D eigenvalue weighted by molar-refractivity contribution is 7.80. The topological polar surface area (TPSA) is 85.0 Å². The number of hydrogen-bond acceptors (Lipinski definition) is 5. The second-order valence-electron chi connectivity index (χ2n) is 7.94. The van der Waals surface area contributed by atoms with Crippen LogP contribution in [0.25, 0.3) is 27.7 Å². The summed E-state index contributed by atoms with van der Waals surface area (Å²) in [6, 6.07) is 19.3. The summed E-state index contributed by atoms with van der Waals surface area (Å²) in [6.07, 6.45) is 0. The summed E-state index contributed by atoms with van der Waals surface area (Å²) in [5.74, 6) is -0.154. The van der Waals surface area contributed by atoms with Crippen molar-refractivity contribution in [3.05, 3.63) is 83.1 Å². The van der Waals surface area contributed by atoms with E-state index in [1.54, 1.807) is 4.80 Å². The summed E-state index contributed by atoms with van der Waals surface area (Å²) in [5, 5.41) is 16.0. The highest BCUT2D eigenvalue weighted by Gasteiger charge is 2.19. The molecule has 2 N–H and O–H groups in total. The minimum Gasteiger partial charge on any atom is -0.451 e. The minimum atomic E-state index is -0.398. The van der Waals surface area contributed by atoms with Gasteiger partial charge in [0.2, 0.25) is 0 Å². The summed E-state index contributed by atoms with van der Waals surface area (Å²) < 4.78 is 5.72. The molecular formula is C25H21N5O2S. The molecule has 0 spiro atoms. The molecule has 5 rings (SSSR count). The number of fused-ring (bicyclic) bond motifs is 2. The van der Waals surface area contributed by atoms with Crippen LogP contribution in [0.2, 0.25) is 0 Å². The lowest BCUT2D eigenvalue weighted by molar-refractivity contribution is 0.0952. The average Bonchev–Trinajstić information content (AvgIpc) is 3.35. The van der Waals surface area contributed by atoms with E-state index < -0.39 is 5.91 Å². The molecule has 2 aromatic heterocycles. The van der Waals surface area contributed by atoms with Crippen LogP contribution in [0.1, 0.15) is 27.2 Å². The van der Waals surface area contributed by atoms with E-state index in [1.165, 1.54) is 5.56 Å². The molecule has 0 radical (unpaired) electrons. The first-order valence-electron chi connectivity index (χ1n) is 10.4. The summed E-state index contributed by atoms with van der Waals surface area (Å²) in [4.78, 5) is 14.4. The fourth-order valence-electron chi connectivity index (χ4n) is 3.70. The number of carbonyl (C=O) groups is 1. The number of nitrogens with one attached hydrogen (secondary N) is 2. The number of nitrogens with zero attached hydrogens (tertiary/aromatic N) is 3. The van der Waals surface area contributed by atoms with Crippen molar-refractivity contribution in [3.8, 4) is 5.69 Å². The van der Waals surface area contributed by atoms with Crippen molar-refractivity contribution in [1.29, 1.82) is 0 Å². The highest BCUT2D eigenvalue weighted by Crippen LogP contribution is 2.25. The Morgan fingerprint density at radius 1 is 0.970 bits per heavy atom. The van der Waals surface area contributed by atoms with Gasteiger partial charge in [0.15, 0.2) is 10.9 Å². The fraction of sp³-hybridized carbons (Fsp3) is 0.120. The van der Waals surface area contributed by atoms with Crippen LogP contribution >= 0.6 is 12.2 Å². The maximum atomic E-state index is 12.8. The number of rotatable bonds is 3. The van der Waals surface area contributed by atoms with Crippen LogP contribution in [-0.2, 0) is 0 Å². The lowest BCUT2D eigenvalue weighted by Crippen LogP contribution is -2.34. The van der Waals surface area contributed by atoms with E-state index in [0.29, 0.717) is 11.1 Å². The van der Waals surface area contributed by atoms with E-state index in [9.17, 15) is 4.79 Å². The van der Waals surface area contributed by atoms with Gasteiger partial charge < -0.3 is 9.73 Å². The van der Waals surface area contributed by atoms with Gasteiger partial charge in [-0.05, 0) is 68.9 Å². The van der Waals surface area contributed by atoms with Crippen LogP contribution in [0.5, 0.6) is 0 Å². The number of carbonyl (C=O) groups excluding carboxylic acids is 1. The van der Waals surface area contributed by atoms with Gasteiger partial charge in [-0.15, -0.1) is 10.2 Å². The number of aromatic nitrogens is 3. The van der Waals surface area contributed by atoms with Gasteiger partial charge in [-0.3, -0.25) is 10.1 Å². The first-order chi connectivity index (χ1) is 15.9. The molecule has 1 amide bonds. The van der Waals surface area contributed by atoms with Crippen molar-refractivity contribution in [2.24, 2.45) is 0 Å². The molecule has 0 fully saturated rings. The molecule has 0 aliphatic rings. The maximum Gasteiger partial charge on any atom is 0.293 e. The number of benzene rings is 3. The number of anilines is 1. The number of thiocarbonyl (C=S) groups is 1. The van der Waals surface area contributed by atoms with Gasteiger partial charge in [0.05, 0.1) is 5.69 Å². The summed E-state index contributed by atoms with van der Waals surface area (Å²) in [6.45, 7) is 5.84. The van der Waals surface area contributed by atoms with E-state index in [-0.39, 0.29) is 10.9 Å². The van der Waals surface area contributed by atoms with Gasteiger partial charge in [0, 0.05) is 16.6 Å². The van der Waals surface area contributed by atoms with Gasteiger partial charge in [-0.25, -0.2) is 0 Å². The Hall–Kier alpha value is -4.04. The molecule has 2 heterocycles. The largest absolute Gasteiger partial charge is 0.451 e. The van der Waals surface area contributed by atoms with Gasteiger partial charge in [0.1, 0.15) is 16.6 Å². The molecule has 164 valence electrons. The van der Waals surface area contributed by atoms with E-state index in [0.717, 1.165) is 33.4 Å².